The summed E-state index contributed by atoms with van der Waals surface area (Å²) >= 11 is 0. The second kappa shape index (κ2) is 4.07. The van der Waals surface area contributed by atoms with E-state index in [2.05, 4.69) is 34.7 Å². The van der Waals surface area contributed by atoms with Gasteiger partial charge in [0.05, 0.1) is 5.69 Å². The molecule has 0 aliphatic carbocycles. The molecule has 74 valence electrons. The normalized spacial score (nSPS) is 10.4. The molecule has 1 N–H and O–H groups in total. The molecule has 0 saturated carbocycles. The van der Waals surface area contributed by atoms with E-state index in [-0.39, 0.29) is 1.43 Å². The van der Waals surface area contributed by atoms with E-state index in [1.165, 1.54) is 5.56 Å². The van der Waals surface area contributed by atoms with Crippen LogP contribution in [0.25, 0.3) is 5.69 Å². The van der Waals surface area contributed by atoms with Crippen LogP contribution in [0, 0.1) is 0 Å². The number of aromatic nitrogens is 2. The molecule has 1 aromatic carbocycles. The van der Waals surface area contributed by atoms with Crippen molar-refractivity contribution < 1.29 is 1.43 Å². The van der Waals surface area contributed by atoms with E-state index in [9.17, 15) is 0 Å². The van der Waals surface area contributed by atoms with Crippen LogP contribution in [0.1, 0.15) is 6.99 Å². The molecule has 2 rings (SSSR count). The van der Waals surface area contributed by atoms with E-state index < -0.39 is 0 Å². The highest BCUT2D eigenvalue weighted by molar-refractivity contribution is 5.33. The molecular weight excluding hydrogens is 174 g/mol. The predicted octanol–water partition coefficient (Wildman–Crippen LogP) is 1.84. The van der Waals surface area contributed by atoms with Crippen LogP contribution in [-0.4, -0.2) is 16.8 Å². The first-order valence-corrected chi connectivity index (χ1v) is 4.64. The first-order valence-electron chi connectivity index (χ1n) is 4.64. The van der Waals surface area contributed by atoms with Gasteiger partial charge in [0.25, 0.3) is 0 Å². The Hall–Kier alpha value is -1.61. The molecule has 3 nitrogen and oxygen atoms in total. The lowest BCUT2D eigenvalue weighted by atomic mass is 10.2. The Balaban J connectivity index is 0.00000112. The standard InChI is InChI=1S/C11H13N3.H2/c1-12-9-10-3-5-11(6-4-10)14-8-2-7-13-14;/h2-8,12H,9H2,1H3;1H. The summed E-state index contributed by atoms with van der Waals surface area (Å²) in [6.45, 7) is 0.902. The highest BCUT2D eigenvalue weighted by Crippen LogP contribution is 2.07. The van der Waals surface area contributed by atoms with Gasteiger partial charge in [-0.2, -0.15) is 5.10 Å². The van der Waals surface area contributed by atoms with Crippen molar-refractivity contribution in [3.8, 4) is 5.69 Å². The minimum absolute atomic E-state index is 0. The zero-order valence-corrected chi connectivity index (χ0v) is 8.14. The number of nitrogens with one attached hydrogen (secondary N) is 1. The van der Waals surface area contributed by atoms with Gasteiger partial charge in [-0.25, -0.2) is 4.68 Å². The molecule has 0 atom stereocenters. The minimum Gasteiger partial charge on any atom is -0.316 e. The largest absolute Gasteiger partial charge is 0.316 e. The second-order valence-corrected chi connectivity index (χ2v) is 3.15. The fourth-order valence-corrected chi connectivity index (χ4v) is 1.39. The fraction of sp³-hybridized carbons (Fsp3) is 0.182. The zero-order chi connectivity index (χ0) is 9.80. The average molecular weight is 189 g/mol. The van der Waals surface area contributed by atoms with Crippen LogP contribution in [0.4, 0.5) is 0 Å². The molecular formula is C11H15N3. The Labute approximate surface area is 84.9 Å². The summed E-state index contributed by atoms with van der Waals surface area (Å²) in [5, 5.41) is 7.28. The van der Waals surface area contributed by atoms with Crippen molar-refractivity contribution >= 4 is 0 Å². The molecule has 0 bridgehead atoms. The van der Waals surface area contributed by atoms with Gasteiger partial charge in [0, 0.05) is 20.4 Å². The number of hydrogen-bond donors (Lipinski definition) is 1. The molecule has 2 aromatic rings. The summed E-state index contributed by atoms with van der Waals surface area (Å²) < 4.78 is 1.85. The molecule has 0 fully saturated rings. The van der Waals surface area contributed by atoms with Crippen LogP contribution < -0.4 is 5.32 Å². The van der Waals surface area contributed by atoms with Gasteiger partial charge in [-0.3, -0.25) is 0 Å². The van der Waals surface area contributed by atoms with Crippen LogP contribution in [0.3, 0.4) is 0 Å². The van der Waals surface area contributed by atoms with Crippen molar-refractivity contribution in [1.82, 2.24) is 15.1 Å². The first kappa shape index (κ1) is 8.97. The monoisotopic (exact) mass is 189 g/mol. The molecule has 0 radical (unpaired) electrons. The van der Waals surface area contributed by atoms with E-state index in [0.717, 1.165) is 12.2 Å². The van der Waals surface area contributed by atoms with Crippen LogP contribution in [0.5, 0.6) is 0 Å². The SMILES string of the molecule is CNCc1ccc(-n2cccn2)cc1.[HH]. The van der Waals surface area contributed by atoms with Gasteiger partial charge in [0.1, 0.15) is 0 Å². The quantitative estimate of drug-likeness (QED) is 0.798. The molecule has 0 saturated heterocycles. The van der Waals surface area contributed by atoms with Crippen molar-refractivity contribution in [3.63, 3.8) is 0 Å². The van der Waals surface area contributed by atoms with Gasteiger partial charge >= 0.3 is 0 Å². The molecule has 0 aliphatic heterocycles. The Morgan fingerprint density at radius 1 is 1.36 bits per heavy atom. The van der Waals surface area contributed by atoms with E-state index >= 15 is 0 Å². The van der Waals surface area contributed by atoms with Crippen molar-refractivity contribution in [3.05, 3.63) is 48.3 Å². The van der Waals surface area contributed by atoms with Gasteiger partial charge in [-0.05, 0) is 30.8 Å². The van der Waals surface area contributed by atoms with E-state index in [1.54, 1.807) is 6.20 Å². The Kier molecular flexibility index (Phi) is 2.60. The van der Waals surface area contributed by atoms with Crippen LogP contribution in [0.2, 0.25) is 0 Å². The van der Waals surface area contributed by atoms with Gasteiger partial charge in [0.2, 0.25) is 0 Å². The second-order valence-electron chi connectivity index (χ2n) is 3.15. The number of benzene rings is 1. The van der Waals surface area contributed by atoms with Gasteiger partial charge in [-0.1, -0.05) is 12.1 Å². The molecule has 1 aromatic heterocycles. The molecule has 3 heteroatoms. The third-order valence-electron chi connectivity index (χ3n) is 2.09. The highest BCUT2D eigenvalue weighted by atomic mass is 15.3. The maximum atomic E-state index is 4.16. The van der Waals surface area contributed by atoms with Gasteiger partial charge in [-0.15, -0.1) is 0 Å². The third-order valence-corrected chi connectivity index (χ3v) is 2.09. The third kappa shape index (κ3) is 1.83. The highest BCUT2D eigenvalue weighted by Gasteiger charge is 1.95. The fourth-order valence-electron chi connectivity index (χ4n) is 1.39. The summed E-state index contributed by atoms with van der Waals surface area (Å²) in [5.74, 6) is 0. The summed E-state index contributed by atoms with van der Waals surface area (Å²) in [5.41, 5.74) is 2.37. The summed E-state index contributed by atoms with van der Waals surface area (Å²) in [4.78, 5) is 0. The smallest absolute Gasteiger partial charge is 0.0645 e. The van der Waals surface area contributed by atoms with E-state index in [4.69, 9.17) is 0 Å². The molecule has 0 unspecified atom stereocenters. The predicted molar refractivity (Wildman–Crippen MR) is 58.4 cm³/mol. The van der Waals surface area contributed by atoms with Crippen molar-refractivity contribution in [2.45, 2.75) is 6.54 Å². The molecule has 0 spiro atoms. The van der Waals surface area contributed by atoms with Gasteiger partial charge in [0.15, 0.2) is 0 Å². The number of nitrogens with zero attached hydrogens (tertiary/aromatic N) is 2. The van der Waals surface area contributed by atoms with E-state index in [1.807, 2.05) is 24.0 Å². The molecule has 0 amide bonds. The Bertz CT molecular complexity index is 381. The number of rotatable bonds is 3. The van der Waals surface area contributed by atoms with Crippen molar-refractivity contribution in [1.29, 1.82) is 0 Å². The topological polar surface area (TPSA) is 29.9 Å². The zero-order valence-electron chi connectivity index (χ0n) is 8.14. The Morgan fingerprint density at radius 3 is 2.71 bits per heavy atom. The van der Waals surface area contributed by atoms with Crippen LogP contribution >= 0.6 is 0 Å². The average Bonchev–Trinajstić information content (AvgIpc) is 2.72. The first-order chi connectivity index (χ1) is 6.90. The number of hydrogen-bond acceptors (Lipinski definition) is 2. The lowest BCUT2D eigenvalue weighted by Gasteiger charge is -2.03. The maximum absolute atomic E-state index is 4.16. The maximum Gasteiger partial charge on any atom is 0.0645 e. The molecule has 1 heterocycles. The summed E-state index contributed by atoms with van der Waals surface area (Å²) in [7, 11) is 1.95. The van der Waals surface area contributed by atoms with Crippen LogP contribution in [-0.2, 0) is 6.54 Å². The lowest BCUT2D eigenvalue weighted by Crippen LogP contribution is -2.05. The lowest BCUT2D eigenvalue weighted by molar-refractivity contribution is 0.815. The molecule has 14 heavy (non-hydrogen) atoms. The summed E-state index contributed by atoms with van der Waals surface area (Å²) in [6, 6.07) is 10.3. The summed E-state index contributed by atoms with van der Waals surface area (Å²) in [6.07, 6.45) is 3.72. The van der Waals surface area contributed by atoms with Crippen LogP contribution in [0.15, 0.2) is 42.7 Å². The molecule has 0 aliphatic rings. The van der Waals surface area contributed by atoms with Crippen molar-refractivity contribution in [2.75, 3.05) is 7.05 Å². The van der Waals surface area contributed by atoms with Gasteiger partial charge < -0.3 is 5.32 Å². The minimum atomic E-state index is 0. The van der Waals surface area contributed by atoms with E-state index in [0.29, 0.717) is 0 Å². The van der Waals surface area contributed by atoms with Crippen molar-refractivity contribution in [2.24, 2.45) is 0 Å². The Morgan fingerprint density at radius 2 is 2.14 bits per heavy atom.